The van der Waals surface area contributed by atoms with Crippen LogP contribution in [0, 0.1) is 0 Å². The topological polar surface area (TPSA) is 37.4 Å². The third kappa shape index (κ3) is 2.93. The lowest BCUT2D eigenvalue weighted by molar-refractivity contribution is -0.138. The molecular weight excluding hydrogens is 254 g/mol. The van der Waals surface area contributed by atoms with Gasteiger partial charge in [-0.05, 0) is 22.0 Å². The summed E-state index contributed by atoms with van der Waals surface area (Å²) in [5.41, 5.74) is 0. The van der Waals surface area contributed by atoms with E-state index in [0.29, 0.717) is 12.8 Å². The molecule has 0 aromatic carbocycles. The van der Waals surface area contributed by atoms with E-state index in [4.69, 9.17) is 0 Å². The molecule has 1 heterocycles. The van der Waals surface area contributed by atoms with E-state index in [9.17, 15) is 9.59 Å². The van der Waals surface area contributed by atoms with Crippen molar-refractivity contribution < 1.29 is 9.59 Å². The SMILES string of the molecule is CN(Cc1cc(Br)cs1)C(=O)C=O. The van der Waals surface area contributed by atoms with Gasteiger partial charge in [0.25, 0.3) is 5.91 Å². The van der Waals surface area contributed by atoms with Gasteiger partial charge in [-0.2, -0.15) is 0 Å². The number of hydrogen-bond donors (Lipinski definition) is 0. The van der Waals surface area contributed by atoms with E-state index in [0.717, 1.165) is 9.35 Å². The third-order valence-electron chi connectivity index (χ3n) is 1.49. The van der Waals surface area contributed by atoms with Crippen LogP contribution in [0.5, 0.6) is 0 Å². The maximum absolute atomic E-state index is 10.9. The minimum atomic E-state index is -0.496. The summed E-state index contributed by atoms with van der Waals surface area (Å²) in [5, 5.41) is 1.94. The van der Waals surface area contributed by atoms with Crippen LogP contribution >= 0.6 is 27.3 Å². The Morgan fingerprint density at radius 1 is 1.77 bits per heavy atom. The fourth-order valence-corrected chi connectivity index (χ4v) is 2.34. The summed E-state index contributed by atoms with van der Waals surface area (Å²) in [5.74, 6) is -0.496. The minimum absolute atomic E-state index is 0.322. The van der Waals surface area contributed by atoms with Gasteiger partial charge in [0.2, 0.25) is 6.29 Å². The van der Waals surface area contributed by atoms with Gasteiger partial charge in [0.05, 0.1) is 6.54 Å². The molecule has 0 saturated heterocycles. The summed E-state index contributed by atoms with van der Waals surface area (Å²) in [6, 6.07) is 1.93. The van der Waals surface area contributed by atoms with Gasteiger partial charge in [-0.3, -0.25) is 9.59 Å². The van der Waals surface area contributed by atoms with E-state index in [1.807, 2.05) is 11.4 Å². The maximum Gasteiger partial charge on any atom is 0.286 e. The monoisotopic (exact) mass is 261 g/mol. The van der Waals surface area contributed by atoms with Gasteiger partial charge < -0.3 is 4.90 Å². The second-order valence-electron chi connectivity index (χ2n) is 2.54. The molecular formula is C8H8BrNO2S. The van der Waals surface area contributed by atoms with E-state index in [2.05, 4.69) is 15.9 Å². The lowest BCUT2D eigenvalue weighted by atomic mass is 10.4. The number of thiophene rings is 1. The van der Waals surface area contributed by atoms with E-state index < -0.39 is 5.91 Å². The van der Waals surface area contributed by atoms with Gasteiger partial charge in [0, 0.05) is 21.8 Å². The van der Waals surface area contributed by atoms with Crippen molar-refractivity contribution in [2.45, 2.75) is 6.54 Å². The van der Waals surface area contributed by atoms with Gasteiger partial charge in [-0.25, -0.2) is 0 Å². The summed E-state index contributed by atoms with van der Waals surface area (Å²) in [7, 11) is 1.60. The fourth-order valence-electron chi connectivity index (χ4n) is 0.838. The Balaban J connectivity index is 2.59. The molecule has 0 bridgehead atoms. The smallest absolute Gasteiger partial charge is 0.286 e. The largest absolute Gasteiger partial charge is 0.334 e. The van der Waals surface area contributed by atoms with E-state index in [1.54, 1.807) is 18.4 Å². The molecule has 70 valence electrons. The van der Waals surface area contributed by atoms with Crippen molar-refractivity contribution in [2.24, 2.45) is 0 Å². The third-order valence-corrected chi connectivity index (χ3v) is 3.17. The van der Waals surface area contributed by atoms with E-state index >= 15 is 0 Å². The standard InChI is InChI=1S/C8H8BrNO2S/c1-10(8(12)4-11)3-7-2-6(9)5-13-7/h2,4-5H,3H2,1H3. The van der Waals surface area contributed by atoms with Crippen molar-refractivity contribution in [3.05, 3.63) is 20.8 Å². The first kappa shape index (κ1) is 10.4. The van der Waals surface area contributed by atoms with Crippen molar-refractivity contribution >= 4 is 39.5 Å². The Hall–Kier alpha value is -0.680. The average Bonchev–Trinajstić information content (AvgIpc) is 2.49. The van der Waals surface area contributed by atoms with Crippen molar-refractivity contribution in [1.82, 2.24) is 4.90 Å². The Morgan fingerprint density at radius 2 is 2.46 bits per heavy atom. The van der Waals surface area contributed by atoms with Crippen LogP contribution in [0.4, 0.5) is 0 Å². The summed E-state index contributed by atoms with van der Waals surface area (Å²) in [6.07, 6.45) is 0.322. The number of nitrogens with zero attached hydrogens (tertiary/aromatic N) is 1. The zero-order chi connectivity index (χ0) is 9.84. The highest BCUT2D eigenvalue weighted by atomic mass is 79.9. The first-order chi connectivity index (χ1) is 6.13. The molecule has 5 heteroatoms. The number of hydrogen-bond acceptors (Lipinski definition) is 3. The highest BCUT2D eigenvalue weighted by molar-refractivity contribution is 9.10. The summed E-state index contributed by atoms with van der Waals surface area (Å²) in [6.45, 7) is 0.480. The summed E-state index contributed by atoms with van der Waals surface area (Å²) < 4.78 is 0.999. The quantitative estimate of drug-likeness (QED) is 0.613. The van der Waals surface area contributed by atoms with Crippen LogP contribution in [-0.4, -0.2) is 24.1 Å². The molecule has 1 rings (SSSR count). The molecule has 1 aromatic rings. The molecule has 0 N–H and O–H groups in total. The molecule has 13 heavy (non-hydrogen) atoms. The number of aldehydes is 1. The normalized spacial score (nSPS) is 9.69. The lowest BCUT2D eigenvalue weighted by Gasteiger charge is -2.11. The molecule has 0 unspecified atom stereocenters. The number of halogens is 1. The van der Waals surface area contributed by atoms with Crippen LogP contribution in [0.25, 0.3) is 0 Å². The predicted molar refractivity (Wildman–Crippen MR) is 54.6 cm³/mol. The highest BCUT2D eigenvalue weighted by Crippen LogP contribution is 2.20. The Bertz CT molecular complexity index is 324. The molecule has 0 spiro atoms. The molecule has 0 aliphatic heterocycles. The Labute approximate surface area is 88.5 Å². The molecule has 0 radical (unpaired) electrons. The maximum atomic E-state index is 10.9. The van der Waals surface area contributed by atoms with Crippen LogP contribution in [-0.2, 0) is 16.1 Å². The highest BCUT2D eigenvalue weighted by Gasteiger charge is 2.08. The van der Waals surface area contributed by atoms with E-state index in [-0.39, 0.29) is 0 Å². The van der Waals surface area contributed by atoms with Crippen LogP contribution in [0.15, 0.2) is 15.9 Å². The molecule has 3 nitrogen and oxygen atoms in total. The molecule has 1 aromatic heterocycles. The van der Waals surface area contributed by atoms with Crippen LogP contribution in [0.1, 0.15) is 4.88 Å². The first-order valence-electron chi connectivity index (χ1n) is 3.56. The summed E-state index contributed by atoms with van der Waals surface area (Å²) in [4.78, 5) is 23.4. The predicted octanol–water partition coefficient (Wildman–Crippen LogP) is 1.67. The summed E-state index contributed by atoms with van der Waals surface area (Å²) >= 11 is 4.86. The lowest BCUT2D eigenvalue weighted by Crippen LogP contribution is -2.26. The van der Waals surface area contributed by atoms with Crippen LogP contribution in [0.3, 0.4) is 0 Å². The van der Waals surface area contributed by atoms with Gasteiger partial charge in [0.1, 0.15) is 0 Å². The molecule has 1 amide bonds. The van der Waals surface area contributed by atoms with Crippen LogP contribution in [0.2, 0.25) is 0 Å². The zero-order valence-corrected chi connectivity index (χ0v) is 9.39. The Morgan fingerprint density at radius 3 is 2.92 bits per heavy atom. The van der Waals surface area contributed by atoms with Gasteiger partial charge >= 0.3 is 0 Å². The van der Waals surface area contributed by atoms with Gasteiger partial charge in [-0.15, -0.1) is 11.3 Å². The van der Waals surface area contributed by atoms with Crippen molar-refractivity contribution in [3.8, 4) is 0 Å². The number of amides is 1. The minimum Gasteiger partial charge on any atom is -0.334 e. The molecule has 0 saturated carbocycles. The number of likely N-dealkylation sites (N-methyl/N-ethyl adjacent to an activating group) is 1. The van der Waals surface area contributed by atoms with Gasteiger partial charge in [0.15, 0.2) is 0 Å². The van der Waals surface area contributed by atoms with Crippen LogP contribution < -0.4 is 0 Å². The number of carbonyl (C=O) groups excluding carboxylic acids is 2. The number of rotatable bonds is 3. The van der Waals surface area contributed by atoms with Crippen molar-refractivity contribution in [2.75, 3.05) is 7.05 Å². The van der Waals surface area contributed by atoms with Crippen molar-refractivity contribution in [3.63, 3.8) is 0 Å². The van der Waals surface area contributed by atoms with Gasteiger partial charge in [-0.1, -0.05) is 0 Å². The fraction of sp³-hybridized carbons (Fsp3) is 0.250. The second-order valence-corrected chi connectivity index (χ2v) is 4.45. The van der Waals surface area contributed by atoms with Crippen molar-refractivity contribution in [1.29, 1.82) is 0 Å². The number of carbonyl (C=O) groups is 2. The molecule has 0 atom stereocenters. The first-order valence-corrected chi connectivity index (χ1v) is 5.24. The molecule has 0 fully saturated rings. The Kier molecular flexibility index (Phi) is 3.62. The zero-order valence-electron chi connectivity index (χ0n) is 6.99. The average molecular weight is 262 g/mol. The van der Waals surface area contributed by atoms with E-state index in [1.165, 1.54) is 4.90 Å². The molecule has 0 aliphatic carbocycles. The second kappa shape index (κ2) is 4.53. The molecule has 0 aliphatic rings.